The minimum Gasteiger partial charge on any atom is -0.478 e. The summed E-state index contributed by atoms with van der Waals surface area (Å²) in [7, 11) is 0. The standard InChI is InChI=1S/C17H13ClO2/c18-15-11-9-14(10-12-15)16(7-4-8-17(19)20)13-5-2-1-3-6-13/h1-12H,(H,19,20)/b8-4+,16-7-. The van der Waals surface area contributed by atoms with Crippen LogP contribution in [0.25, 0.3) is 5.57 Å². The zero-order valence-corrected chi connectivity index (χ0v) is 11.4. The third-order valence-electron chi connectivity index (χ3n) is 2.74. The monoisotopic (exact) mass is 284 g/mol. The van der Waals surface area contributed by atoms with Gasteiger partial charge in [0, 0.05) is 11.1 Å². The summed E-state index contributed by atoms with van der Waals surface area (Å²) in [6.07, 6.45) is 4.42. The molecule has 0 fully saturated rings. The van der Waals surface area contributed by atoms with Gasteiger partial charge < -0.3 is 5.11 Å². The van der Waals surface area contributed by atoms with E-state index in [2.05, 4.69) is 0 Å². The molecule has 2 aromatic rings. The number of hydrogen-bond acceptors (Lipinski definition) is 1. The topological polar surface area (TPSA) is 37.3 Å². The fraction of sp³-hybridized carbons (Fsp3) is 0. The van der Waals surface area contributed by atoms with Gasteiger partial charge in [-0.2, -0.15) is 0 Å². The van der Waals surface area contributed by atoms with Crippen LogP contribution in [0.4, 0.5) is 0 Å². The van der Waals surface area contributed by atoms with Gasteiger partial charge in [-0.1, -0.05) is 66.2 Å². The maximum atomic E-state index is 10.6. The van der Waals surface area contributed by atoms with E-state index in [9.17, 15) is 4.79 Å². The predicted octanol–water partition coefficient (Wildman–Crippen LogP) is 4.41. The van der Waals surface area contributed by atoms with Crippen LogP contribution in [0.1, 0.15) is 11.1 Å². The summed E-state index contributed by atoms with van der Waals surface area (Å²) in [5.41, 5.74) is 2.94. The van der Waals surface area contributed by atoms with Crippen molar-refractivity contribution >= 4 is 23.1 Å². The quantitative estimate of drug-likeness (QED) is 0.667. The van der Waals surface area contributed by atoms with Gasteiger partial charge in [-0.15, -0.1) is 0 Å². The predicted molar refractivity (Wildman–Crippen MR) is 81.7 cm³/mol. The first-order valence-electron chi connectivity index (χ1n) is 6.09. The molecule has 0 bridgehead atoms. The highest BCUT2D eigenvalue weighted by atomic mass is 35.5. The first kappa shape index (κ1) is 14.1. The third kappa shape index (κ3) is 3.84. The van der Waals surface area contributed by atoms with E-state index in [1.807, 2.05) is 54.6 Å². The van der Waals surface area contributed by atoms with Crippen molar-refractivity contribution in [3.05, 3.63) is 89.0 Å². The molecule has 20 heavy (non-hydrogen) atoms. The first-order valence-corrected chi connectivity index (χ1v) is 6.47. The Balaban J connectivity index is 2.44. The van der Waals surface area contributed by atoms with Crippen molar-refractivity contribution in [3.8, 4) is 0 Å². The van der Waals surface area contributed by atoms with E-state index >= 15 is 0 Å². The smallest absolute Gasteiger partial charge is 0.328 e. The Labute approximate surface area is 122 Å². The fourth-order valence-corrected chi connectivity index (χ4v) is 1.96. The Morgan fingerprint density at radius 1 is 0.950 bits per heavy atom. The lowest BCUT2D eigenvalue weighted by molar-refractivity contribution is -0.131. The molecular formula is C17H13ClO2. The van der Waals surface area contributed by atoms with Crippen LogP contribution < -0.4 is 0 Å². The van der Waals surface area contributed by atoms with Gasteiger partial charge in [-0.25, -0.2) is 4.79 Å². The van der Waals surface area contributed by atoms with Gasteiger partial charge in [0.25, 0.3) is 0 Å². The summed E-state index contributed by atoms with van der Waals surface area (Å²) in [5, 5.41) is 9.34. The molecule has 0 amide bonds. The maximum Gasteiger partial charge on any atom is 0.328 e. The number of carboxylic acid groups (broad SMARTS) is 1. The van der Waals surface area contributed by atoms with Gasteiger partial charge >= 0.3 is 5.97 Å². The van der Waals surface area contributed by atoms with E-state index in [4.69, 9.17) is 16.7 Å². The lowest BCUT2D eigenvalue weighted by Crippen LogP contribution is -1.88. The molecule has 0 heterocycles. The molecular weight excluding hydrogens is 272 g/mol. The van der Waals surface area contributed by atoms with Crippen LogP contribution in [0.5, 0.6) is 0 Å². The second kappa shape index (κ2) is 6.73. The number of halogens is 1. The van der Waals surface area contributed by atoms with Crippen molar-refractivity contribution in [2.45, 2.75) is 0 Å². The molecule has 0 aliphatic carbocycles. The molecule has 0 aromatic heterocycles. The lowest BCUT2D eigenvalue weighted by Gasteiger charge is -2.07. The van der Waals surface area contributed by atoms with Gasteiger partial charge in [0.15, 0.2) is 0 Å². The molecule has 0 aliphatic heterocycles. The van der Waals surface area contributed by atoms with E-state index < -0.39 is 5.97 Å². The van der Waals surface area contributed by atoms with Crippen molar-refractivity contribution in [1.29, 1.82) is 0 Å². The number of carbonyl (C=O) groups is 1. The molecule has 0 saturated heterocycles. The Morgan fingerprint density at radius 3 is 2.15 bits per heavy atom. The van der Waals surface area contributed by atoms with Gasteiger partial charge in [0.05, 0.1) is 0 Å². The molecule has 1 N–H and O–H groups in total. The molecule has 2 aromatic carbocycles. The van der Waals surface area contributed by atoms with E-state index in [0.29, 0.717) is 5.02 Å². The van der Waals surface area contributed by atoms with Gasteiger partial charge in [-0.05, 0) is 28.8 Å². The number of carboxylic acids is 1. The molecule has 0 unspecified atom stereocenters. The number of benzene rings is 2. The van der Waals surface area contributed by atoms with Crippen molar-refractivity contribution in [2.24, 2.45) is 0 Å². The molecule has 3 heteroatoms. The average molecular weight is 285 g/mol. The second-order valence-corrected chi connectivity index (χ2v) is 4.59. The minimum atomic E-state index is -0.968. The highest BCUT2D eigenvalue weighted by Crippen LogP contribution is 2.24. The minimum absolute atomic E-state index is 0.669. The van der Waals surface area contributed by atoms with Crippen LogP contribution in [0.15, 0.2) is 72.8 Å². The highest BCUT2D eigenvalue weighted by Gasteiger charge is 2.03. The molecule has 2 rings (SSSR count). The van der Waals surface area contributed by atoms with E-state index in [1.54, 1.807) is 6.08 Å². The number of aliphatic carboxylic acids is 1. The highest BCUT2D eigenvalue weighted by molar-refractivity contribution is 6.30. The first-order chi connectivity index (χ1) is 9.66. The Morgan fingerprint density at radius 2 is 1.55 bits per heavy atom. The normalized spacial score (nSPS) is 11.8. The summed E-state index contributed by atoms with van der Waals surface area (Å²) in [6.45, 7) is 0. The van der Waals surface area contributed by atoms with Gasteiger partial charge in [0.2, 0.25) is 0 Å². The van der Waals surface area contributed by atoms with E-state index in [0.717, 1.165) is 22.8 Å². The third-order valence-corrected chi connectivity index (χ3v) is 2.99. The number of allylic oxidation sites excluding steroid dienone is 2. The Kier molecular flexibility index (Phi) is 4.75. The van der Waals surface area contributed by atoms with Crippen molar-refractivity contribution in [1.82, 2.24) is 0 Å². The fourth-order valence-electron chi connectivity index (χ4n) is 1.83. The summed E-state index contributed by atoms with van der Waals surface area (Å²) in [4.78, 5) is 10.6. The molecule has 0 spiro atoms. The van der Waals surface area contributed by atoms with Crippen LogP contribution in [-0.4, -0.2) is 11.1 Å². The molecule has 0 aliphatic rings. The van der Waals surface area contributed by atoms with Gasteiger partial charge in [0.1, 0.15) is 0 Å². The van der Waals surface area contributed by atoms with Crippen LogP contribution in [0.3, 0.4) is 0 Å². The van der Waals surface area contributed by atoms with Crippen molar-refractivity contribution in [2.75, 3.05) is 0 Å². The molecule has 0 radical (unpaired) electrons. The maximum absolute atomic E-state index is 10.6. The largest absolute Gasteiger partial charge is 0.478 e. The van der Waals surface area contributed by atoms with E-state index in [1.165, 1.54) is 6.08 Å². The molecule has 0 atom stereocenters. The summed E-state index contributed by atoms with van der Waals surface area (Å²) < 4.78 is 0. The zero-order chi connectivity index (χ0) is 14.4. The number of rotatable bonds is 4. The summed E-state index contributed by atoms with van der Waals surface area (Å²) in [5.74, 6) is -0.968. The summed E-state index contributed by atoms with van der Waals surface area (Å²) in [6, 6.07) is 17.2. The van der Waals surface area contributed by atoms with Crippen LogP contribution in [0, 0.1) is 0 Å². The van der Waals surface area contributed by atoms with Gasteiger partial charge in [-0.3, -0.25) is 0 Å². The Hall–Kier alpha value is -2.32. The van der Waals surface area contributed by atoms with Crippen LogP contribution >= 0.6 is 11.6 Å². The van der Waals surface area contributed by atoms with Crippen molar-refractivity contribution in [3.63, 3.8) is 0 Å². The van der Waals surface area contributed by atoms with Crippen molar-refractivity contribution < 1.29 is 9.90 Å². The second-order valence-electron chi connectivity index (χ2n) is 4.15. The Bertz CT molecular complexity index is 640. The van der Waals surface area contributed by atoms with Crippen LogP contribution in [0.2, 0.25) is 5.02 Å². The number of hydrogen-bond donors (Lipinski definition) is 1. The molecule has 0 saturated carbocycles. The average Bonchev–Trinajstić information content (AvgIpc) is 2.46. The lowest BCUT2D eigenvalue weighted by atomic mass is 9.97. The van der Waals surface area contributed by atoms with Crippen LogP contribution in [-0.2, 0) is 4.79 Å². The SMILES string of the molecule is O=C(O)/C=C/C=C(/c1ccccc1)c1ccc(Cl)cc1. The molecule has 2 nitrogen and oxygen atoms in total. The summed E-state index contributed by atoms with van der Waals surface area (Å²) >= 11 is 5.90. The molecule has 100 valence electrons. The zero-order valence-electron chi connectivity index (χ0n) is 10.7. The van der Waals surface area contributed by atoms with E-state index in [-0.39, 0.29) is 0 Å².